The van der Waals surface area contributed by atoms with Crippen LogP contribution in [-0.2, 0) is 22.5 Å². The summed E-state index contributed by atoms with van der Waals surface area (Å²) >= 11 is 13.9. The van der Waals surface area contributed by atoms with Crippen molar-refractivity contribution < 1.29 is 23.8 Å². The van der Waals surface area contributed by atoms with Gasteiger partial charge in [-0.15, -0.1) is 11.3 Å². The molecule has 0 spiro atoms. The molecule has 0 atom stereocenters. The van der Waals surface area contributed by atoms with Gasteiger partial charge in [0, 0.05) is 36.7 Å². The van der Waals surface area contributed by atoms with Gasteiger partial charge in [-0.05, 0) is 72.7 Å². The predicted octanol–water partition coefficient (Wildman–Crippen LogP) is 6.52. The predicted molar refractivity (Wildman–Crippen MR) is 161 cm³/mol. The van der Waals surface area contributed by atoms with E-state index in [0.29, 0.717) is 66.3 Å². The lowest BCUT2D eigenvalue weighted by Crippen LogP contribution is -2.45. The van der Waals surface area contributed by atoms with Crippen molar-refractivity contribution in [3.63, 3.8) is 0 Å². The lowest BCUT2D eigenvalue weighted by molar-refractivity contribution is -0.132. The molecule has 0 aliphatic rings. The summed E-state index contributed by atoms with van der Waals surface area (Å²) in [6, 6.07) is 12.2. The zero-order valence-corrected chi connectivity index (χ0v) is 25.5. The number of thiophene rings is 1. The van der Waals surface area contributed by atoms with Crippen molar-refractivity contribution in [2.45, 2.75) is 26.3 Å². The Bertz CT molecular complexity index is 1290. The Morgan fingerprint density at radius 3 is 2.38 bits per heavy atom. The molecule has 3 aromatic rings. The van der Waals surface area contributed by atoms with Gasteiger partial charge in [0.25, 0.3) is 0 Å². The van der Waals surface area contributed by atoms with Gasteiger partial charge in [0.15, 0.2) is 11.5 Å². The van der Waals surface area contributed by atoms with Crippen LogP contribution in [0.5, 0.6) is 11.5 Å². The highest BCUT2D eigenvalue weighted by atomic mass is 35.5. The summed E-state index contributed by atoms with van der Waals surface area (Å²) in [7, 11) is 4.79. The molecular formula is C29H35Cl2N3O5S. The first-order valence-electron chi connectivity index (χ1n) is 12.8. The smallest absolute Gasteiger partial charge is 0.322 e. The maximum atomic E-state index is 13.7. The third kappa shape index (κ3) is 9.02. The first-order chi connectivity index (χ1) is 19.2. The summed E-state index contributed by atoms with van der Waals surface area (Å²) < 4.78 is 16.0. The van der Waals surface area contributed by atoms with Crippen LogP contribution in [-0.4, -0.2) is 69.3 Å². The van der Waals surface area contributed by atoms with Gasteiger partial charge in [-0.3, -0.25) is 4.79 Å². The van der Waals surface area contributed by atoms with E-state index >= 15 is 0 Å². The highest BCUT2D eigenvalue weighted by Gasteiger charge is 2.23. The molecule has 3 rings (SSSR count). The fourth-order valence-electron chi connectivity index (χ4n) is 4.03. The molecule has 0 saturated heterocycles. The molecule has 2 aromatic carbocycles. The number of benzene rings is 2. The molecular weight excluding hydrogens is 573 g/mol. The number of rotatable bonds is 14. The number of hydrogen-bond acceptors (Lipinski definition) is 6. The molecule has 11 heteroatoms. The molecule has 0 bridgehead atoms. The fraction of sp³-hybridized carbons (Fsp3) is 0.379. The number of carbonyl (C=O) groups excluding carboxylic acids is 2. The largest absolute Gasteiger partial charge is 0.493 e. The molecule has 0 unspecified atom stereocenters. The number of nitrogens with one attached hydrogen (secondary N) is 1. The highest BCUT2D eigenvalue weighted by molar-refractivity contribution is 7.10. The van der Waals surface area contributed by atoms with E-state index in [0.717, 1.165) is 16.0 Å². The second-order valence-corrected chi connectivity index (χ2v) is 10.9. The number of urea groups is 1. The molecule has 0 fully saturated rings. The van der Waals surface area contributed by atoms with Crippen LogP contribution in [0.3, 0.4) is 0 Å². The number of carbonyl (C=O) groups is 2. The number of nitrogens with zero attached hydrogens (tertiary/aromatic N) is 2. The number of methoxy groups -OCH3 is 3. The Kier molecular flexibility index (Phi) is 12.4. The summed E-state index contributed by atoms with van der Waals surface area (Å²) in [6.07, 6.45) is 1.17. The summed E-state index contributed by atoms with van der Waals surface area (Å²) in [4.78, 5) is 31.4. The number of aryl methyl sites for hydroxylation is 1. The third-order valence-corrected chi connectivity index (χ3v) is 7.89. The minimum atomic E-state index is -0.430. The minimum Gasteiger partial charge on any atom is -0.493 e. The van der Waals surface area contributed by atoms with Crippen molar-refractivity contribution in [2.75, 3.05) is 52.9 Å². The summed E-state index contributed by atoms with van der Waals surface area (Å²) in [5, 5.41) is 5.60. The highest BCUT2D eigenvalue weighted by Crippen LogP contribution is 2.28. The number of ether oxygens (including phenoxy) is 3. The maximum absolute atomic E-state index is 13.7. The van der Waals surface area contributed by atoms with E-state index in [-0.39, 0.29) is 12.5 Å². The van der Waals surface area contributed by atoms with Crippen molar-refractivity contribution in [1.82, 2.24) is 9.80 Å². The van der Waals surface area contributed by atoms with Gasteiger partial charge >= 0.3 is 6.03 Å². The number of amides is 3. The van der Waals surface area contributed by atoms with Crippen LogP contribution in [0.2, 0.25) is 10.0 Å². The van der Waals surface area contributed by atoms with E-state index in [2.05, 4.69) is 5.32 Å². The fourth-order valence-corrected chi connectivity index (χ4v) is 5.41. The zero-order valence-electron chi connectivity index (χ0n) is 23.2. The van der Waals surface area contributed by atoms with Crippen molar-refractivity contribution in [2.24, 2.45) is 0 Å². The van der Waals surface area contributed by atoms with Crippen LogP contribution in [0.1, 0.15) is 22.4 Å². The van der Waals surface area contributed by atoms with E-state index in [1.165, 1.54) is 4.90 Å². The van der Waals surface area contributed by atoms with Crippen LogP contribution in [0.25, 0.3) is 0 Å². The molecule has 1 N–H and O–H groups in total. The SMILES string of the molecule is COCCCN(CC(=O)N(CCc1ccc(OC)c(OC)c1)Cc1sccc1C)C(=O)Nc1ccc(Cl)cc1Cl. The first-order valence-corrected chi connectivity index (χ1v) is 14.4. The van der Waals surface area contributed by atoms with Gasteiger partial charge < -0.3 is 29.3 Å². The van der Waals surface area contributed by atoms with E-state index in [1.54, 1.807) is 55.8 Å². The van der Waals surface area contributed by atoms with Gasteiger partial charge in [-0.2, -0.15) is 0 Å². The molecule has 40 heavy (non-hydrogen) atoms. The second-order valence-electron chi connectivity index (χ2n) is 9.10. The monoisotopic (exact) mass is 607 g/mol. The molecule has 0 saturated carbocycles. The van der Waals surface area contributed by atoms with Crippen molar-refractivity contribution >= 4 is 52.2 Å². The average molecular weight is 609 g/mol. The van der Waals surface area contributed by atoms with Crippen LogP contribution in [0.4, 0.5) is 10.5 Å². The second kappa shape index (κ2) is 15.7. The number of anilines is 1. The number of halogens is 2. The van der Waals surface area contributed by atoms with Crippen molar-refractivity contribution in [3.05, 3.63) is 73.9 Å². The third-order valence-electron chi connectivity index (χ3n) is 6.34. The van der Waals surface area contributed by atoms with Gasteiger partial charge in [-0.1, -0.05) is 29.3 Å². The Balaban J connectivity index is 1.78. The molecule has 3 amide bonds. The molecule has 0 aliphatic heterocycles. The van der Waals surface area contributed by atoms with Crippen molar-refractivity contribution in [1.29, 1.82) is 0 Å². The van der Waals surface area contributed by atoms with Crippen LogP contribution in [0.15, 0.2) is 47.8 Å². The standard InChI is InChI=1S/C29H35Cl2N3O5S/c1-20-11-15-40-27(20)18-33(13-10-21-6-9-25(38-3)26(16-21)39-4)28(35)19-34(12-5-14-37-2)29(36)32-24-8-7-22(30)17-23(24)31/h6-9,11,15-17H,5,10,12-14,18-19H2,1-4H3,(H,32,36). The Morgan fingerprint density at radius 1 is 0.950 bits per heavy atom. The van der Waals surface area contributed by atoms with E-state index in [4.69, 9.17) is 37.4 Å². The van der Waals surface area contributed by atoms with Gasteiger partial charge in [0.05, 0.1) is 31.5 Å². The lowest BCUT2D eigenvalue weighted by Gasteiger charge is -2.28. The topological polar surface area (TPSA) is 80.3 Å². The molecule has 0 aliphatic carbocycles. The Labute approximate surface area is 249 Å². The van der Waals surface area contributed by atoms with Crippen LogP contribution in [0, 0.1) is 6.92 Å². The molecule has 1 heterocycles. The van der Waals surface area contributed by atoms with Gasteiger partial charge in [-0.25, -0.2) is 4.79 Å². The summed E-state index contributed by atoms with van der Waals surface area (Å²) in [6.45, 7) is 3.63. The van der Waals surface area contributed by atoms with Crippen molar-refractivity contribution in [3.8, 4) is 11.5 Å². The zero-order chi connectivity index (χ0) is 29.1. The quantitative estimate of drug-likeness (QED) is 0.211. The van der Waals surface area contributed by atoms with Crippen LogP contribution >= 0.6 is 34.5 Å². The molecule has 8 nitrogen and oxygen atoms in total. The molecule has 216 valence electrons. The van der Waals surface area contributed by atoms with E-state index in [9.17, 15) is 9.59 Å². The molecule has 1 aromatic heterocycles. The lowest BCUT2D eigenvalue weighted by atomic mass is 10.1. The molecule has 0 radical (unpaired) electrons. The van der Waals surface area contributed by atoms with E-state index < -0.39 is 6.03 Å². The average Bonchev–Trinajstić information content (AvgIpc) is 3.35. The normalized spacial score (nSPS) is 10.8. The maximum Gasteiger partial charge on any atom is 0.322 e. The first kappa shape index (κ1) is 31.5. The van der Waals surface area contributed by atoms with Crippen LogP contribution < -0.4 is 14.8 Å². The van der Waals surface area contributed by atoms with Gasteiger partial charge in [0.2, 0.25) is 5.91 Å². The number of hydrogen-bond donors (Lipinski definition) is 1. The van der Waals surface area contributed by atoms with E-state index in [1.807, 2.05) is 36.6 Å². The minimum absolute atomic E-state index is 0.100. The summed E-state index contributed by atoms with van der Waals surface area (Å²) in [5.41, 5.74) is 2.55. The Hall–Kier alpha value is -2.98. The van der Waals surface area contributed by atoms with Gasteiger partial charge in [0.1, 0.15) is 6.54 Å². The Morgan fingerprint density at radius 2 is 1.73 bits per heavy atom. The summed E-state index contributed by atoms with van der Waals surface area (Å²) in [5.74, 6) is 1.11.